The first-order valence-corrected chi connectivity index (χ1v) is 17.5. The maximum atomic E-state index is 13.3. The van der Waals surface area contributed by atoms with Crippen LogP contribution in [0.2, 0.25) is 0 Å². The quantitative estimate of drug-likeness (QED) is 0.0368. The number of carbonyl (C=O) groups is 7. The van der Waals surface area contributed by atoms with Crippen LogP contribution in [0.4, 0.5) is 10.5 Å². The van der Waals surface area contributed by atoms with Gasteiger partial charge in [-0.05, 0) is 42.1 Å². The van der Waals surface area contributed by atoms with Gasteiger partial charge in [-0.15, -0.1) is 0 Å². The van der Waals surface area contributed by atoms with Crippen molar-refractivity contribution in [1.82, 2.24) is 25.8 Å². The minimum absolute atomic E-state index is 0.00707. The zero-order valence-electron chi connectivity index (χ0n) is 29.7. The molecule has 3 unspecified atom stereocenters. The minimum atomic E-state index is -1.10. The first kappa shape index (κ1) is 43.2. The van der Waals surface area contributed by atoms with Crippen molar-refractivity contribution in [3.8, 4) is 0 Å². The summed E-state index contributed by atoms with van der Waals surface area (Å²) in [5.74, 6) is -3.63. The molecule has 1 aromatic carbocycles. The van der Waals surface area contributed by atoms with Crippen LogP contribution in [-0.4, -0.2) is 126 Å². The molecule has 0 radical (unpaired) electrons. The van der Waals surface area contributed by atoms with Crippen molar-refractivity contribution in [3.05, 3.63) is 42.0 Å². The number of nitrogens with one attached hydrogen (secondary N) is 4. The molecular weight excluding hydrogens is 700 g/mol. The van der Waals surface area contributed by atoms with Crippen LogP contribution in [0, 0.1) is 5.92 Å². The van der Waals surface area contributed by atoms with E-state index in [1.165, 1.54) is 11.3 Å². The average Bonchev–Trinajstić information content (AvgIpc) is 3.59. The van der Waals surface area contributed by atoms with Crippen LogP contribution < -0.4 is 27.0 Å². The Labute approximate surface area is 306 Å². The molecule has 3 atom stereocenters. The molecule has 2 aliphatic rings. The molecule has 0 saturated carbocycles. The fourth-order valence-corrected chi connectivity index (χ4v) is 5.20. The maximum Gasteiger partial charge on any atom is 0.312 e. The molecule has 0 bridgehead atoms. The first-order valence-electron chi connectivity index (χ1n) is 16.5. The fraction of sp³-hybridized carbons (Fsp3) is 0.515. The van der Waals surface area contributed by atoms with Gasteiger partial charge in [0.25, 0.3) is 11.8 Å². The molecule has 1 aromatic rings. The fourth-order valence-electron chi connectivity index (χ4n) is 5.00. The second kappa shape index (κ2) is 22.7. The summed E-state index contributed by atoms with van der Waals surface area (Å²) in [4.78, 5) is 92.0. The van der Waals surface area contributed by atoms with Crippen molar-refractivity contribution in [3.63, 3.8) is 0 Å². The van der Waals surface area contributed by atoms with Crippen LogP contribution in [0.3, 0.4) is 0 Å². The van der Waals surface area contributed by atoms with E-state index in [2.05, 4.69) is 26.3 Å². The molecule has 2 aliphatic heterocycles. The third-order valence-corrected chi connectivity index (χ3v) is 7.86. The van der Waals surface area contributed by atoms with Crippen LogP contribution in [0.5, 0.6) is 0 Å². The van der Waals surface area contributed by atoms with Gasteiger partial charge in [-0.3, -0.25) is 38.7 Å². The molecule has 3 rings (SSSR count). The van der Waals surface area contributed by atoms with Crippen molar-refractivity contribution >= 4 is 65.6 Å². The molecule has 7 N–H and O–H groups in total. The SMILES string of the molecule is CCCNC(N)=O.CN=COCc1ccc(NC(=O)CNC(=O)C(NC(=O)CN2C(=O)C(N3C(=O)C=CC3=O)CC2COCCSO)C(C)C)cc1. The van der Waals surface area contributed by atoms with E-state index >= 15 is 0 Å². The highest BCUT2D eigenvalue weighted by molar-refractivity contribution is 7.93. The monoisotopic (exact) mass is 748 g/mol. The van der Waals surface area contributed by atoms with Crippen LogP contribution >= 0.6 is 12.0 Å². The Morgan fingerprint density at radius 3 is 2.31 bits per heavy atom. The number of carbonyl (C=O) groups excluding carboxylic acids is 7. The van der Waals surface area contributed by atoms with Gasteiger partial charge in [-0.2, -0.15) is 0 Å². The number of aliphatic imine (C=N–C) groups is 1. The number of primary amides is 1. The Morgan fingerprint density at radius 1 is 1.08 bits per heavy atom. The van der Waals surface area contributed by atoms with E-state index in [0.717, 1.165) is 29.0 Å². The number of amides is 8. The number of hydrogen-bond donors (Lipinski definition) is 6. The molecule has 8 amide bonds. The van der Waals surface area contributed by atoms with Crippen LogP contribution in [0.1, 0.15) is 39.2 Å². The zero-order valence-corrected chi connectivity index (χ0v) is 30.5. The van der Waals surface area contributed by atoms with Gasteiger partial charge in [0.15, 0.2) is 6.40 Å². The maximum absolute atomic E-state index is 13.3. The third kappa shape index (κ3) is 14.3. The Bertz CT molecular complexity index is 1440. The van der Waals surface area contributed by atoms with E-state index in [9.17, 15) is 33.6 Å². The van der Waals surface area contributed by atoms with E-state index in [-0.39, 0.29) is 37.9 Å². The average molecular weight is 749 g/mol. The normalized spacial score (nSPS) is 17.2. The highest BCUT2D eigenvalue weighted by Gasteiger charge is 2.47. The third-order valence-electron chi connectivity index (χ3n) is 7.51. The number of urea groups is 1. The Kier molecular flexibility index (Phi) is 18.9. The van der Waals surface area contributed by atoms with E-state index in [4.69, 9.17) is 19.8 Å². The summed E-state index contributed by atoms with van der Waals surface area (Å²) in [5.41, 5.74) is 6.12. The van der Waals surface area contributed by atoms with Crippen LogP contribution in [-0.2, 0) is 44.8 Å². The largest absolute Gasteiger partial charge is 0.479 e. The van der Waals surface area contributed by atoms with Gasteiger partial charge in [0.05, 0.1) is 32.3 Å². The van der Waals surface area contributed by atoms with Gasteiger partial charge in [0, 0.05) is 43.6 Å². The summed E-state index contributed by atoms with van der Waals surface area (Å²) in [6.45, 7) is 5.78. The topological polar surface area (TPSA) is 251 Å². The van der Waals surface area contributed by atoms with E-state index in [0.29, 0.717) is 30.9 Å². The number of ether oxygens (including phenoxy) is 2. The van der Waals surface area contributed by atoms with Gasteiger partial charge < -0.3 is 45.9 Å². The number of imide groups is 1. The van der Waals surface area contributed by atoms with E-state index < -0.39 is 66.1 Å². The Morgan fingerprint density at radius 2 is 1.75 bits per heavy atom. The zero-order chi connectivity index (χ0) is 38.6. The number of benzene rings is 1. The van der Waals surface area contributed by atoms with Crippen molar-refractivity contribution in [2.24, 2.45) is 16.6 Å². The van der Waals surface area contributed by atoms with E-state index in [1.807, 2.05) is 6.92 Å². The summed E-state index contributed by atoms with van der Waals surface area (Å²) < 4.78 is 19.7. The van der Waals surface area contributed by atoms with Crippen LogP contribution in [0.25, 0.3) is 0 Å². The van der Waals surface area contributed by atoms with Gasteiger partial charge in [0.2, 0.25) is 23.6 Å². The van der Waals surface area contributed by atoms with Gasteiger partial charge in [0.1, 0.15) is 18.7 Å². The molecule has 52 heavy (non-hydrogen) atoms. The smallest absolute Gasteiger partial charge is 0.312 e. The molecular formula is C33H48N8O10S. The number of nitrogens with two attached hydrogens (primary N) is 1. The molecule has 1 fully saturated rings. The summed E-state index contributed by atoms with van der Waals surface area (Å²) in [6.07, 6.45) is 4.49. The van der Waals surface area contributed by atoms with Crippen molar-refractivity contribution in [1.29, 1.82) is 0 Å². The molecule has 0 spiro atoms. The van der Waals surface area contributed by atoms with E-state index in [1.54, 1.807) is 45.2 Å². The lowest BCUT2D eigenvalue weighted by Gasteiger charge is -2.27. The summed E-state index contributed by atoms with van der Waals surface area (Å²) in [6, 6.07) is 3.73. The lowest BCUT2D eigenvalue weighted by atomic mass is 10.0. The van der Waals surface area contributed by atoms with Crippen molar-refractivity contribution in [2.45, 2.75) is 58.3 Å². The highest BCUT2D eigenvalue weighted by Crippen LogP contribution is 2.26. The highest BCUT2D eigenvalue weighted by atomic mass is 32.2. The standard InChI is InChI=1S/C29H38N6O9S.C4H10N2O/c1-18(2)27(28(40)31-13-23(36)32-20-6-4-19(5-7-20)15-44-17-30-3)33-24(37)14-34-21(16-43-10-11-45-42)12-22(29(34)41)35-25(38)8-9-26(35)39;1-2-3-6-4(5)7/h4-9,17-18,21-22,27,42H,10-16H2,1-3H3,(H,31,40)(H,32,36)(H,33,37);2-3H2,1H3,(H3,5,6,7). The summed E-state index contributed by atoms with van der Waals surface area (Å²) >= 11 is 0.593. The Balaban J connectivity index is 0.00000121. The van der Waals surface area contributed by atoms with Gasteiger partial charge in [-0.1, -0.05) is 32.9 Å². The predicted octanol–water partition coefficient (Wildman–Crippen LogP) is 0.239. The van der Waals surface area contributed by atoms with Gasteiger partial charge >= 0.3 is 6.03 Å². The molecule has 0 aromatic heterocycles. The van der Waals surface area contributed by atoms with Crippen molar-refractivity contribution in [2.75, 3.05) is 51.0 Å². The molecule has 18 nitrogen and oxygen atoms in total. The first-order chi connectivity index (χ1) is 24.8. The number of hydrogen-bond acceptors (Lipinski definition) is 12. The van der Waals surface area contributed by atoms with Crippen LogP contribution in [0.15, 0.2) is 41.4 Å². The second-order valence-electron chi connectivity index (χ2n) is 11.9. The minimum Gasteiger partial charge on any atom is -0.479 e. The number of nitrogens with zero attached hydrogens (tertiary/aromatic N) is 3. The molecule has 0 aliphatic carbocycles. The molecule has 2 heterocycles. The second-order valence-corrected chi connectivity index (χ2v) is 12.5. The lowest BCUT2D eigenvalue weighted by molar-refractivity contribution is -0.147. The number of likely N-dealkylation sites (tertiary alicyclic amines) is 1. The molecule has 1 saturated heterocycles. The van der Waals surface area contributed by atoms with Crippen molar-refractivity contribution < 1.29 is 47.6 Å². The number of rotatable bonds is 19. The molecule has 19 heteroatoms. The lowest BCUT2D eigenvalue weighted by Crippen LogP contribution is -2.54. The van der Waals surface area contributed by atoms with Gasteiger partial charge in [-0.25, -0.2) is 4.79 Å². The predicted molar refractivity (Wildman–Crippen MR) is 193 cm³/mol. The summed E-state index contributed by atoms with van der Waals surface area (Å²) in [5, 5.41) is 10.3. The summed E-state index contributed by atoms with van der Waals surface area (Å²) in [7, 11) is 1.60. The number of anilines is 1. The molecule has 286 valence electrons. The Hall–Kier alpha value is -5.01.